The SMILES string of the molecule is Clc1ccccc1-c1noc(CO/N=C\c2ccc(Br)cc2)n1. The van der Waals surface area contributed by atoms with Gasteiger partial charge in [0.15, 0.2) is 6.61 Å². The van der Waals surface area contributed by atoms with E-state index < -0.39 is 0 Å². The molecular weight excluding hydrogens is 382 g/mol. The number of hydrogen-bond acceptors (Lipinski definition) is 5. The topological polar surface area (TPSA) is 60.5 Å². The molecule has 3 aromatic rings. The van der Waals surface area contributed by atoms with E-state index in [1.807, 2.05) is 42.5 Å². The van der Waals surface area contributed by atoms with Gasteiger partial charge in [-0.3, -0.25) is 0 Å². The fourth-order valence-electron chi connectivity index (χ4n) is 1.80. The van der Waals surface area contributed by atoms with E-state index >= 15 is 0 Å². The molecule has 5 nitrogen and oxygen atoms in total. The molecule has 1 heterocycles. The molecule has 0 saturated heterocycles. The first-order valence-electron chi connectivity index (χ1n) is 6.71. The van der Waals surface area contributed by atoms with Crippen LogP contribution in [-0.2, 0) is 11.4 Å². The highest BCUT2D eigenvalue weighted by Crippen LogP contribution is 2.24. The lowest BCUT2D eigenvalue weighted by atomic mass is 10.2. The maximum Gasteiger partial charge on any atom is 0.267 e. The third-order valence-corrected chi connectivity index (χ3v) is 3.78. The predicted octanol–water partition coefficient (Wildman–Crippen LogP) is 4.70. The third-order valence-electron chi connectivity index (χ3n) is 2.92. The molecule has 116 valence electrons. The van der Waals surface area contributed by atoms with E-state index in [9.17, 15) is 0 Å². The van der Waals surface area contributed by atoms with Crippen LogP contribution in [0.5, 0.6) is 0 Å². The summed E-state index contributed by atoms with van der Waals surface area (Å²) in [6.45, 7) is 0.0878. The van der Waals surface area contributed by atoms with Crippen LogP contribution in [0.4, 0.5) is 0 Å². The molecule has 0 saturated carbocycles. The van der Waals surface area contributed by atoms with Crippen LogP contribution in [0.1, 0.15) is 11.5 Å². The van der Waals surface area contributed by atoms with Crippen LogP contribution in [0.2, 0.25) is 5.02 Å². The Kier molecular flexibility index (Phi) is 5.05. The number of benzene rings is 2. The molecule has 0 radical (unpaired) electrons. The van der Waals surface area contributed by atoms with E-state index in [1.54, 1.807) is 12.3 Å². The van der Waals surface area contributed by atoms with E-state index in [0.29, 0.717) is 22.3 Å². The van der Waals surface area contributed by atoms with Gasteiger partial charge in [-0.2, -0.15) is 4.98 Å². The van der Waals surface area contributed by atoms with Gasteiger partial charge < -0.3 is 9.36 Å². The maximum absolute atomic E-state index is 6.09. The van der Waals surface area contributed by atoms with Crippen molar-refractivity contribution in [1.82, 2.24) is 10.1 Å². The van der Waals surface area contributed by atoms with Crippen LogP contribution < -0.4 is 0 Å². The highest BCUT2D eigenvalue weighted by atomic mass is 79.9. The molecule has 1 aromatic heterocycles. The molecule has 0 aliphatic heterocycles. The number of aromatic nitrogens is 2. The number of oxime groups is 1. The van der Waals surface area contributed by atoms with Gasteiger partial charge in [0, 0.05) is 10.0 Å². The molecule has 0 spiro atoms. The van der Waals surface area contributed by atoms with Crippen LogP contribution in [0.15, 0.2) is 62.7 Å². The summed E-state index contributed by atoms with van der Waals surface area (Å²) < 4.78 is 6.13. The Hall–Kier alpha value is -2.18. The number of hydrogen-bond donors (Lipinski definition) is 0. The first kappa shape index (κ1) is 15.7. The first-order valence-corrected chi connectivity index (χ1v) is 7.88. The average Bonchev–Trinajstić information content (AvgIpc) is 3.02. The quantitative estimate of drug-likeness (QED) is 0.466. The molecule has 0 fully saturated rings. The van der Waals surface area contributed by atoms with Gasteiger partial charge in [0.2, 0.25) is 5.82 Å². The maximum atomic E-state index is 6.09. The molecule has 0 aliphatic rings. The van der Waals surface area contributed by atoms with Crippen molar-refractivity contribution in [3.63, 3.8) is 0 Å². The Labute approximate surface area is 146 Å². The Morgan fingerprint density at radius 3 is 2.74 bits per heavy atom. The summed E-state index contributed by atoms with van der Waals surface area (Å²) in [5.74, 6) is 0.749. The summed E-state index contributed by atoms with van der Waals surface area (Å²) in [7, 11) is 0. The normalized spacial score (nSPS) is 11.0. The summed E-state index contributed by atoms with van der Waals surface area (Å²) in [6.07, 6.45) is 1.61. The average molecular weight is 393 g/mol. The van der Waals surface area contributed by atoms with E-state index in [1.165, 1.54) is 0 Å². The highest BCUT2D eigenvalue weighted by Gasteiger charge is 2.11. The Bertz CT molecular complexity index is 818. The van der Waals surface area contributed by atoms with Crippen LogP contribution in [0.25, 0.3) is 11.4 Å². The number of halogens is 2. The molecule has 23 heavy (non-hydrogen) atoms. The van der Waals surface area contributed by atoms with Crippen molar-refractivity contribution in [3.8, 4) is 11.4 Å². The molecule has 0 unspecified atom stereocenters. The predicted molar refractivity (Wildman–Crippen MR) is 91.3 cm³/mol. The molecule has 0 atom stereocenters. The summed E-state index contributed by atoms with van der Waals surface area (Å²) in [6, 6.07) is 15.0. The Balaban J connectivity index is 1.59. The van der Waals surface area contributed by atoms with Gasteiger partial charge in [-0.25, -0.2) is 0 Å². The second-order valence-electron chi connectivity index (χ2n) is 4.55. The molecule has 0 aliphatic carbocycles. The van der Waals surface area contributed by atoms with Crippen molar-refractivity contribution in [1.29, 1.82) is 0 Å². The van der Waals surface area contributed by atoms with E-state index in [-0.39, 0.29) is 6.61 Å². The molecule has 3 rings (SSSR count). The van der Waals surface area contributed by atoms with Crippen LogP contribution in [0, 0.1) is 0 Å². The third kappa shape index (κ3) is 4.18. The minimum absolute atomic E-state index is 0.0878. The van der Waals surface area contributed by atoms with Crippen molar-refractivity contribution in [2.45, 2.75) is 6.61 Å². The van der Waals surface area contributed by atoms with Gasteiger partial charge in [0.25, 0.3) is 5.89 Å². The summed E-state index contributed by atoms with van der Waals surface area (Å²) >= 11 is 9.47. The fraction of sp³-hybridized carbons (Fsp3) is 0.0625. The molecule has 0 amide bonds. The lowest BCUT2D eigenvalue weighted by molar-refractivity contribution is 0.107. The summed E-state index contributed by atoms with van der Waals surface area (Å²) in [5, 5.41) is 8.32. The smallest absolute Gasteiger partial charge is 0.267 e. The van der Waals surface area contributed by atoms with Crippen molar-refractivity contribution < 1.29 is 9.36 Å². The zero-order valence-electron chi connectivity index (χ0n) is 11.8. The van der Waals surface area contributed by atoms with Crippen LogP contribution in [-0.4, -0.2) is 16.4 Å². The van der Waals surface area contributed by atoms with Crippen molar-refractivity contribution in [2.24, 2.45) is 5.16 Å². The van der Waals surface area contributed by atoms with Crippen LogP contribution in [0.3, 0.4) is 0 Å². The zero-order valence-corrected chi connectivity index (χ0v) is 14.2. The van der Waals surface area contributed by atoms with E-state index in [0.717, 1.165) is 10.0 Å². The molecule has 0 N–H and O–H groups in total. The lowest BCUT2D eigenvalue weighted by Gasteiger charge is -1.96. The van der Waals surface area contributed by atoms with E-state index in [4.69, 9.17) is 21.0 Å². The van der Waals surface area contributed by atoms with Gasteiger partial charge in [0.05, 0.1) is 11.2 Å². The lowest BCUT2D eigenvalue weighted by Crippen LogP contribution is -1.89. The second-order valence-corrected chi connectivity index (χ2v) is 5.87. The Morgan fingerprint density at radius 2 is 1.96 bits per heavy atom. The summed E-state index contributed by atoms with van der Waals surface area (Å²) in [5.41, 5.74) is 1.64. The van der Waals surface area contributed by atoms with Crippen LogP contribution >= 0.6 is 27.5 Å². The first-order chi connectivity index (χ1) is 11.2. The standard InChI is InChI=1S/C16H11BrClN3O2/c17-12-7-5-11(6-8-12)9-19-22-10-15-20-16(21-23-15)13-3-1-2-4-14(13)18/h1-9H,10H2/b19-9-. The van der Waals surface area contributed by atoms with Crippen molar-refractivity contribution >= 4 is 33.7 Å². The fourth-order valence-corrected chi connectivity index (χ4v) is 2.29. The van der Waals surface area contributed by atoms with Gasteiger partial charge in [-0.15, -0.1) is 0 Å². The molecule has 2 aromatic carbocycles. The van der Waals surface area contributed by atoms with Crippen molar-refractivity contribution in [2.75, 3.05) is 0 Å². The number of rotatable bonds is 5. The summed E-state index contributed by atoms with van der Waals surface area (Å²) in [4.78, 5) is 9.39. The molecule has 7 heteroatoms. The Morgan fingerprint density at radius 1 is 1.17 bits per heavy atom. The van der Waals surface area contributed by atoms with Crippen molar-refractivity contribution in [3.05, 3.63) is 69.5 Å². The minimum Gasteiger partial charge on any atom is -0.386 e. The highest BCUT2D eigenvalue weighted by molar-refractivity contribution is 9.10. The van der Waals surface area contributed by atoms with E-state index in [2.05, 4.69) is 31.2 Å². The number of nitrogens with zero attached hydrogens (tertiary/aromatic N) is 3. The van der Waals surface area contributed by atoms with Gasteiger partial charge in [-0.1, -0.05) is 62.1 Å². The minimum atomic E-state index is 0.0878. The molecular formula is C16H11BrClN3O2. The zero-order chi connectivity index (χ0) is 16.1. The second kappa shape index (κ2) is 7.39. The van der Waals surface area contributed by atoms with Gasteiger partial charge >= 0.3 is 0 Å². The molecule has 0 bridgehead atoms. The largest absolute Gasteiger partial charge is 0.386 e. The van der Waals surface area contributed by atoms with Gasteiger partial charge in [0.1, 0.15) is 0 Å². The monoisotopic (exact) mass is 391 g/mol. The van der Waals surface area contributed by atoms with Gasteiger partial charge in [-0.05, 0) is 29.8 Å².